The van der Waals surface area contributed by atoms with Crippen molar-refractivity contribution in [1.29, 1.82) is 0 Å². The third-order valence-electron chi connectivity index (χ3n) is 1.15. The number of hydrogen-bond acceptors (Lipinski definition) is 3. The van der Waals surface area contributed by atoms with Gasteiger partial charge in [-0.1, -0.05) is 11.6 Å². The Bertz CT molecular complexity index is 303. The molecule has 0 fully saturated rings. The molecule has 0 saturated carbocycles. The lowest BCUT2D eigenvalue weighted by Gasteiger charge is -1.97. The van der Waals surface area contributed by atoms with Crippen LogP contribution in [0.2, 0.25) is 5.02 Å². The highest BCUT2D eigenvalue weighted by Crippen LogP contribution is 2.10. The minimum absolute atomic E-state index is 0.326. The Kier molecular flexibility index (Phi) is 2.57. The van der Waals surface area contributed by atoms with Gasteiger partial charge in [-0.15, -0.1) is 0 Å². The molecule has 0 radical (unpaired) electrons. The van der Waals surface area contributed by atoms with Crippen molar-refractivity contribution in [2.45, 2.75) is 12.1 Å². The molecule has 5 heteroatoms. The van der Waals surface area contributed by atoms with Crippen molar-refractivity contribution in [3.8, 4) is 0 Å². The minimum atomic E-state index is -1.13. The highest BCUT2D eigenvalue weighted by Gasteiger charge is 2.02. The zero-order valence-electron chi connectivity index (χ0n) is 6.17. The van der Waals surface area contributed by atoms with Crippen LogP contribution in [0.5, 0.6) is 0 Å². The van der Waals surface area contributed by atoms with E-state index in [1.54, 1.807) is 6.92 Å². The topological polar surface area (TPSA) is 42.9 Å². The summed E-state index contributed by atoms with van der Waals surface area (Å²) in [6.45, 7) is 1.75. The first-order valence-corrected chi connectivity index (χ1v) is 4.87. The first-order valence-electron chi connectivity index (χ1n) is 2.94. The zero-order chi connectivity index (χ0) is 8.43. The largest absolute Gasteiger partial charge is 0.251 e. The highest BCUT2D eigenvalue weighted by atomic mass is 35.5. The van der Waals surface area contributed by atoms with E-state index >= 15 is 0 Å². The fourth-order valence-corrected chi connectivity index (χ4v) is 1.13. The summed E-state index contributed by atoms with van der Waals surface area (Å²) in [4.78, 5) is 7.72. The van der Waals surface area contributed by atoms with Crippen molar-refractivity contribution in [3.63, 3.8) is 0 Å². The lowest BCUT2D eigenvalue weighted by molar-refractivity contribution is 0.679. The summed E-state index contributed by atoms with van der Waals surface area (Å²) in [5.41, 5.74) is 0.659. The second-order valence-corrected chi connectivity index (χ2v) is 3.72. The van der Waals surface area contributed by atoms with Gasteiger partial charge in [-0.25, -0.2) is 9.97 Å². The average Bonchev–Trinajstić information content (AvgIpc) is 1.94. The second kappa shape index (κ2) is 3.28. The van der Waals surface area contributed by atoms with Gasteiger partial charge in [0.15, 0.2) is 0 Å². The van der Waals surface area contributed by atoms with Gasteiger partial charge in [-0.3, -0.25) is 4.21 Å². The van der Waals surface area contributed by atoms with E-state index in [0.29, 0.717) is 15.9 Å². The van der Waals surface area contributed by atoms with Gasteiger partial charge >= 0.3 is 0 Å². The molecule has 1 aromatic heterocycles. The third-order valence-corrected chi connectivity index (χ3v) is 2.24. The fourth-order valence-electron chi connectivity index (χ4n) is 0.570. The van der Waals surface area contributed by atoms with Gasteiger partial charge < -0.3 is 0 Å². The molecule has 0 bridgehead atoms. The summed E-state index contributed by atoms with van der Waals surface area (Å²) in [6, 6.07) is 0. The molecule has 0 spiro atoms. The molecule has 3 nitrogen and oxygen atoms in total. The molecule has 0 aromatic carbocycles. The maximum atomic E-state index is 10.9. The Balaban J connectivity index is 3.15. The van der Waals surface area contributed by atoms with Crippen molar-refractivity contribution in [2.24, 2.45) is 0 Å². The Labute approximate surface area is 72.3 Å². The van der Waals surface area contributed by atoms with Crippen LogP contribution in [-0.2, 0) is 10.8 Å². The van der Waals surface area contributed by atoms with Gasteiger partial charge in [0, 0.05) is 6.26 Å². The van der Waals surface area contributed by atoms with E-state index in [9.17, 15) is 4.21 Å². The second-order valence-electron chi connectivity index (χ2n) is 2.04. The highest BCUT2D eigenvalue weighted by molar-refractivity contribution is 7.84. The van der Waals surface area contributed by atoms with Crippen LogP contribution in [0.25, 0.3) is 0 Å². The molecular formula is C6H7ClN2OS. The van der Waals surface area contributed by atoms with Crippen LogP contribution in [0.3, 0.4) is 0 Å². The summed E-state index contributed by atoms with van der Waals surface area (Å²) >= 11 is 5.66. The van der Waals surface area contributed by atoms with E-state index in [-0.39, 0.29) is 0 Å². The van der Waals surface area contributed by atoms with Crippen LogP contribution in [0.1, 0.15) is 5.69 Å². The minimum Gasteiger partial charge on any atom is -0.251 e. The van der Waals surface area contributed by atoms with Crippen LogP contribution in [0.15, 0.2) is 11.4 Å². The Morgan fingerprint density at radius 3 is 2.73 bits per heavy atom. The summed E-state index contributed by atoms with van der Waals surface area (Å²) in [6.07, 6.45) is 2.99. The molecule has 1 rings (SSSR count). The van der Waals surface area contributed by atoms with E-state index in [1.807, 2.05) is 0 Å². The molecule has 0 aliphatic heterocycles. The van der Waals surface area contributed by atoms with E-state index in [1.165, 1.54) is 12.5 Å². The number of halogens is 1. The number of aromatic nitrogens is 2. The lowest BCUT2D eigenvalue weighted by atomic mass is 10.5. The first kappa shape index (κ1) is 8.62. The normalized spacial score (nSPS) is 13.0. The number of nitrogens with zero attached hydrogens (tertiary/aromatic N) is 2. The standard InChI is InChI=1S/C6H7ClN2OS/c1-4-5(7)3-8-6(9-4)11(2)10/h3H,1-2H3. The van der Waals surface area contributed by atoms with Crippen LogP contribution in [0.4, 0.5) is 0 Å². The van der Waals surface area contributed by atoms with Gasteiger partial charge in [0.25, 0.3) is 0 Å². The molecule has 1 aromatic rings. The smallest absolute Gasteiger partial charge is 0.218 e. The Hall–Kier alpha value is -0.480. The molecule has 0 amide bonds. The van der Waals surface area contributed by atoms with E-state index in [4.69, 9.17) is 11.6 Å². The quantitative estimate of drug-likeness (QED) is 0.625. The predicted octanol–water partition coefficient (Wildman–Crippen LogP) is 1.18. The molecule has 0 N–H and O–H groups in total. The maximum Gasteiger partial charge on any atom is 0.218 e. The van der Waals surface area contributed by atoms with Crippen molar-refractivity contribution < 1.29 is 4.21 Å². The number of rotatable bonds is 1. The van der Waals surface area contributed by atoms with Crippen molar-refractivity contribution in [3.05, 3.63) is 16.9 Å². The van der Waals surface area contributed by atoms with Crippen LogP contribution < -0.4 is 0 Å². The van der Waals surface area contributed by atoms with Gasteiger partial charge in [-0.05, 0) is 6.92 Å². The molecule has 1 unspecified atom stereocenters. The molecule has 1 atom stereocenters. The molecule has 60 valence electrons. The molecule has 0 aliphatic carbocycles. The molecule has 1 heterocycles. The summed E-state index contributed by atoms with van der Waals surface area (Å²) < 4.78 is 10.9. The SMILES string of the molecule is Cc1nc(S(C)=O)ncc1Cl. The summed E-state index contributed by atoms with van der Waals surface area (Å²) in [5.74, 6) is 0. The van der Waals surface area contributed by atoms with E-state index in [0.717, 1.165) is 0 Å². The number of aryl methyl sites for hydroxylation is 1. The Morgan fingerprint density at radius 2 is 2.27 bits per heavy atom. The molecule has 11 heavy (non-hydrogen) atoms. The van der Waals surface area contributed by atoms with Crippen molar-refractivity contribution >= 4 is 22.4 Å². The first-order chi connectivity index (χ1) is 5.11. The van der Waals surface area contributed by atoms with Crippen LogP contribution in [-0.4, -0.2) is 20.4 Å². The summed E-state index contributed by atoms with van der Waals surface area (Å²) in [7, 11) is -1.13. The molecule has 0 aliphatic rings. The number of hydrogen-bond donors (Lipinski definition) is 0. The molecular weight excluding hydrogens is 184 g/mol. The fraction of sp³-hybridized carbons (Fsp3) is 0.333. The average molecular weight is 191 g/mol. The molecule has 0 saturated heterocycles. The maximum absolute atomic E-state index is 10.9. The van der Waals surface area contributed by atoms with Crippen molar-refractivity contribution in [2.75, 3.05) is 6.26 Å². The predicted molar refractivity (Wildman–Crippen MR) is 44.1 cm³/mol. The third kappa shape index (κ3) is 1.97. The van der Waals surface area contributed by atoms with Gasteiger partial charge in [-0.2, -0.15) is 0 Å². The van der Waals surface area contributed by atoms with Gasteiger partial charge in [0.2, 0.25) is 5.16 Å². The Morgan fingerprint density at radius 1 is 1.64 bits per heavy atom. The van der Waals surface area contributed by atoms with E-state index < -0.39 is 10.8 Å². The monoisotopic (exact) mass is 190 g/mol. The van der Waals surface area contributed by atoms with Crippen molar-refractivity contribution in [1.82, 2.24) is 9.97 Å². The van der Waals surface area contributed by atoms with Crippen LogP contribution in [0, 0.1) is 6.92 Å². The summed E-state index contributed by atoms with van der Waals surface area (Å²) in [5, 5.41) is 0.825. The zero-order valence-corrected chi connectivity index (χ0v) is 7.74. The van der Waals surface area contributed by atoms with Crippen LogP contribution >= 0.6 is 11.6 Å². The lowest BCUT2D eigenvalue weighted by Crippen LogP contribution is -1.98. The van der Waals surface area contributed by atoms with Gasteiger partial charge in [0.1, 0.15) is 0 Å². The van der Waals surface area contributed by atoms with E-state index in [2.05, 4.69) is 9.97 Å². The van der Waals surface area contributed by atoms with Gasteiger partial charge in [0.05, 0.1) is 27.7 Å².